The number of nitrogens with one attached hydrogen (secondary N) is 1. The van der Waals surface area contributed by atoms with Gasteiger partial charge in [-0.2, -0.15) is 0 Å². The van der Waals surface area contributed by atoms with Crippen molar-refractivity contribution in [1.82, 2.24) is 10.2 Å². The van der Waals surface area contributed by atoms with Gasteiger partial charge in [0.25, 0.3) is 0 Å². The Balaban J connectivity index is 1.62. The molecule has 0 saturated carbocycles. The number of rotatable bonds is 5. The Morgan fingerprint density at radius 2 is 2.12 bits per heavy atom. The second kappa shape index (κ2) is 7.11. The lowest BCUT2D eigenvalue weighted by molar-refractivity contribution is 0.0886. The van der Waals surface area contributed by atoms with Gasteiger partial charge in [-0.1, -0.05) is 28.1 Å². The molecule has 1 aromatic rings. The van der Waals surface area contributed by atoms with Crippen molar-refractivity contribution in [3.63, 3.8) is 0 Å². The summed E-state index contributed by atoms with van der Waals surface area (Å²) in [6, 6.07) is 8.27. The Hall–Kier alpha value is -0.420. The van der Waals surface area contributed by atoms with E-state index in [1.165, 1.54) is 5.56 Å². The third-order valence-corrected chi connectivity index (χ3v) is 3.41. The quantitative estimate of drug-likeness (QED) is 0.840. The molecule has 17 heavy (non-hydrogen) atoms. The molecule has 0 spiro atoms. The summed E-state index contributed by atoms with van der Waals surface area (Å²) in [5.41, 5.74) is 1.22. The van der Waals surface area contributed by atoms with Gasteiger partial charge in [0, 0.05) is 37.2 Å². The normalized spacial score (nSPS) is 17.2. The predicted molar refractivity (Wildman–Crippen MR) is 73.1 cm³/mol. The molecule has 1 aliphatic rings. The van der Waals surface area contributed by atoms with Gasteiger partial charge >= 0.3 is 0 Å². The highest BCUT2D eigenvalue weighted by Gasteiger charge is 2.08. The van der Waals surface area contributed by atoms with Gasteiger partial charge < -0.3 is 10.1 Å². The van der Waals surface area contributed by atoms with Crippen LogP contribution in [0.2, 0.25) is 0 Å². The first kappa shape index (κ1) is 13.0. The van der Waals surface area contributed by atoms with E-state index in [0.29, 0.717) is 6.61 Å². The van der Waals surface area contributed by atoms with E-state index in [0.717, 1.165) is 43.8 Å². The van der Waals surface area contributed by atoms with Crippen LogP contribution in [-0.4, -0.2) is 44.2 Å². The Morgan fingerprint density at radius 3 is 2.88 bits per heavy atom. The van der Waals surface area contributed by atoms with E-state index in [1.54, 1.807) is 0 Å². The fraction of sp³-hybridized carbons (Fsp3) is 0.538. The van der Waals surface area contributed by atoms with E-state index in [9.17, 15) is 0 Å². The predicted octanol–water partition coefficient (Wildman–Crippen LogP) is 1.87. The lowest BCUT2D eigenvalue weighted by atomic mass is 10.2. The largest absolute Gasteiger partial charge is 0.375 e. The molecule has 0 aliphatic carbocycles. The Bertz CT molecular complexity index is 340. The maximum absolute atomic E-state index is 5.69. The number of halogens is 1. The summed E-state index contributed by atoms with van der Waals surface area (Å²) in [5.74, 6) is 0. The molecule has 0 amide bonds. The summed E-state index contributed by atoms with van der Waals surface area (Å²) in [6.45, 7) is 7.03. The molecule has 1 N–H and O–H groups in total. The molecule has 1 aliphatic heterocycles. The average molecular weight is 299 g/mol. The van der Waals surface area contributed by atoms with Crippen molar-refractivity contribution in [2.24, 2.45) is 0 Å². The molecular weight excluding hydrogens is 280 g/mol. The first-order chi connectivity index (χ1) is 8.34. The Kier molecular flexibility index (Phi) is 5.45. The van der Waals surface area contributed by atoms with E-state index in [-0.39, 0.29) is 0 Å². The molecule has 0 bridgehead atoms. The molecule has 3 nitrogen and oxygen atoms in total. The lowest BCUT2D eigenvalue weighted by Gasteiger charge is -2.26. The van der Waals surface area contributed by atoms with Gasteiger partial charge in [-0.15, -0.1) is 0 Å². The molecule has 1 saturated heterocycles. The maximum Gasteiger partial charge on any atom is 0.0717 e. The fourth-order valence-corrected chi connectivity index (χ4v) is 2.39. The summed E-state index contributed by atoms with van der Waals surface area (Å²) in [5, 5.41) is 3.35. The van der Waals surface area contributed by atoms with Gasteiger partial charge in [0.05, 0.1) is 13.2 Å². The zero-order valence-electron chi connectivity index (χ0n) is 9.99. The van der Waals surface area contributed by atoms with Crippen molar-refractivity contribution in [3.8, 4) is 0 Å². The van der Waals surface area contributed by atoms with Crippen molar-refractivity contribution in [1.29, 1.82) is 0 Å². The van der Waals surface area contributed by atoms with Crippen molar-refractivity contribution in [3.05, 3.63) is 34.3 Å². The van der Waals surface area contributed by atoms with Crippen molar-refractivity contribution in [2.75, 3.05) is 39.3 Å². The van der Waals surface area contributed by atoms with Gasteiger partial charge in [-0.05, 0) is 17.7 Å². The average Bonchev–Trinajstić information content (AvgIpc) is 2.36. The number of nitrogens with zero attached hydrogens (tertiary/aromatic N) is 1. The van der Waals surface area contributed by atoms with Crippen LogP contribution >= 0.6 is 15.9 Å². The number of ether oxygens (including phenoxy) is 1. The lowest BCUT2D eigenvalue weighted by Crippen LogP contribution is -2.44. The number of hydrogen-bond donors (Lipinski definition) is 1. The highest BCUT2D eigenvalue weighted by atomic mass is 79.9. The first-order valence-electron chi connectivity index (χ1n) is 6.10. The van der Waals surface area contributed by atoms with Gasteiger partial charge in [0.2, 0.25) is 0 Å². The van der Waals surface area contributed by atoms with Crippen molar-refractivity contribution in [2.45, 2.75) is 6.61 Å². The molecular formula is C13H19BrN2O. The minimum absolute atomic E-state index is 0.700. The van der Waals surface area contributed by atoms with Crippen LogP contribution in [0.3, 0.4) is 0 Å². The fourth-order valence-electron chi connectivity index (χ4n) is 1.95. The summed E-state index contributed by atoms with van der Waals surface area (Å²) >= 11 is 3.46. The zero-order chi connectivity index (χ0) is 11.9. The third kappa shape index (κ3) is 4.76. The van der Waals surface area contributed by atoms with Crippen LogP contribution in [0.5, 0.6) is 0 Å². The van der Waals surface area contributed by atoms with Gasteiger partial charge in [0.15, 0.2) is 0 Å². The number of benzene rings is 1. The van der Waals surface area contributed by atoms with Crippen LogP contribution in [0.4, 0.5) is 0 Å². The van der Waals surface area contributed by atoms with Crippen LogP contribution in [0.15, 0.2) is 28.7 Å². The molecule has 0 radical (unpaired) electrons. The number of piperazine rings is 1. The van der Waals surface area contributed by atoms with Crippen LogP contribution in [0.1, 0.15) is 5.56 Å². The van der Waals surface area contributed by atoms with Gasteiger partial charge in [0.1, 0.15) is 0 Å². The smallest absolute Gasteiger partial charge is 0.0717 e. The molecule has 0 atom stereocenters. The van der Waals surface area contributed by atoms with Gasteiger partial charge in [-0.25, -0.2) is 0 Å². The molecule has 2 rings (SSSR count). The van der Waals surface area contributed by atoms with E-state index >= 15 is 0 Å². The standard InChI is InChI=1S/C13H19BrN2O/c14-13-3-1-2-12(10-13)11-17-9-8-16-6-4-15-5-7-16/h1-3,10,15H,4-9,11H2. The van der Waals surface area contributed by atoms with E-state index in [4.69, 9.17) is 4.74 Å². The summed E-state index contributed by atoms with van der Waals surface area (Å²) in [7, 11) is 0. The Labute approximate surface area is 111 Å². The summed E-state index contributed by atoms with van der Waals surface area (Å²) in [4.78, 5) is 2.44. The monoisotopic (exact) mass is 298 g/mol. The van der Waals surface area contributed by atoms with Crippen LogP contribution < -0.4 is 5.32 Å². The minimum Gasteiger partial charge on any atom is -0.375 e. The highest BCUT2D eigenvalue weighted by Crippen LogP contribution is 2.12. The molecule has 4 heteroatoms. The van der Waals surface area contributed by atoms with Crippen molar-refractivity contribution >= 4 is 15.9 Å². The molecule has 1 fully saturated rings. The summed E-state index contributed by atoms with van der Waals surface area (Å²) in [6.07, 6.45) is 0. The topological polar surface area (TPSA) is 24.5 Å². The van der Waals surface area contributed by atoms with Crippen LogP contribution in [0.25, 0.3) is 0 Å². The van der Waals surface area contributed by atoms with E-state index < -0.39 is 0 Å². The molecule has 94 valence electrons. The molecule has 0 aromatic heterocycles. The minimum atomic E-state index is 0.700. The zero-order valence-corrected chi connectivity index (χ0v) is 11.6. The Morgan fingerprint density at radius 1 is 1.29 bits per heavy atom. The first-order valence-corrected chi connectivity index (χ1v) is 6.89. The second-order valence-electron chi connectivity index (χ2n) is 4.27. The van der Waals surface area contributed by atoms with Crippen LogP contribution in [0, 0.1) is 0 Å². The van der Waals surface area contributed by atoms with E-state index in [2.05, 4.69) is 38.3 Å². The number of hydrogen-bond acceptors (Lipinski definition) is 3. The molecule has 1 heterocycles. The molecule has 1 aromatic carbocycles. The van der Waals surface area contributed by atoms with Crippen molar-refractivity contribution < 1.29 is 4.74 Å². The van der Waals surface area contributed by atoms with Gasteiger partial charge in [-0.3, -0.25) is 4.90 Å². The second-order valence-corrected chi connectivity index (χ2v) is 5.19. The maximum atomic E-state index is 5.69. The SMILES string of the molecule is Brc1cccc(COCCN2CCNCC2)c1. The van der Waals surface area contributed by atoms with Crippen LogP contribution in [-0.2, 0) is 11.3 Å². The highest BCUT2D eigenvalue weighted by molar-refractivity contribution is 9.10. The summed E-state index contributed by atoms with van der Waals surface area (Å²) < 4.78 is 6.81. The third-order valence-electron chi connectivity index (χ3n) is 2.92. The van der Waals surface area contributed by atoms with E-state index in [1.807, 2.05) is 12.1 Å². The molecule has 0 unspecified atom stereocenters.